The molecule has 0 heterocycles. The second-order valence-electron chi connectivity index (χ2n) is 7.67. The molecule has 0 atom stereocenters. The lowest BCUT2D eigenvalue weighted by Crippen LogP contribution is -2.26. The van der Waals surface area contributed by atoms with Gasteiger partial charge < -0.3 is 10.1 Å². The molecule has 0 saturated heterocycles. The Kier molecular flexibility index (Phi) is 6.50. The number of amides is 1. The molecule has 166 valence electrons. The van der Waals surface area contributed by atoms with Gasteiger partial charge in [0.15, 0.2) is 5.78 Å². The molecular weight excluding hydrogens is 424 g/mol. The molecule has 0 fully saturated rings. The quantitative estimate of drug-likeness (QED) is 0.323. The highest BCUT2D eigenvalue weighted by atomic mass is 19.1. The second kappa shape index (κ2) is 9.66. The van der Waals surface area contributed by atoms with Gasteiger partial charge in [-0.25, -0.2) is 13.6 Å². The Labute approximate surface area is 190 Å². The van der Waals surface area contributed by atoms with E-state index in [1.807, 2.05) is 36.4 Å². The first kappa shape index (κ1) is 22.2. The standard InChI is InChI=1S/C27H21F2NO3/c1-17(31)23-14-18(25(28)15-26(23)29)8-6-7-13-30-27(32)33-16-24-21-11-4-2-9-19(21)20-10-3-5-12-22(20)24/h2-5,9-12,14-15,24H,7,13,16H2,1H3,(H,30,32). The number of carbonyl (C=O) groups is 2. The van der Waals surface area contributed by atoms with Gasteiger partial charge in [-0.15, -0.1) is 0 Å². The molecule has 0 bridgehead atoms. The fourth-order valence-corrected chi connectivity index (χ4v) is 3.95. The Morgan fingerprint density at radius 2 is 1.61 bits per heavy atom. The molecule has 4 rings (SSSR count). The lowest BCUT2D eigenvalue weighted by Gasteiger charge is -2.14. The fourth-order valence-electron chi connectivity index (χ4n) is 3.95. The first-order chi connectivity index (χ1) is 16.0. The number of hydrogen-bond donors (Lipinski definition) is 1. The normalized spacial score (nSPS) is 11.7. The summed E-state index contributed by atoms with van der Waals surface area (Å²) in [6, 6.07) is 17.9. The van der Waals surface area contributed by atoms with Crippen LogP contribution < -0.4 is 5.32 Å². The number of halogens is 2. The van der Waals surface area contributed by atoms with Crippen LogP contribution >= 0.6 is 0 Å². The van der Waals surface area contributed by atoms with Crippen molar-refractivity contribution in [1.82, 2.24) is 5.32 Å². The van der Waals surface area contributed by atoms with Gasteiger partial charge in [-0.05, 0) is 35.2 Å². The van der Waals surface area contributed by atoms with Crippen molar-refractivity contribution in [2.24, 2.45) is 0 Å². The third-order valence-corrected chi connectivity index (χ3v) is 5.52. The number of ether oxygens (including phenoxy) is 1. The average Bonchev–Trinajstić information content (AvgIpc) is 3.12. The van der Waals surface area contributed by atoms with Crippen LogP contribution in [0, 0.1) is 23.5 Å². The number of nitrogens with one attached hydrogen (secondary N) is 1. The van der Waals surface area contributed by atoms with Crippen LogP contribution in [0.15, 0.2) is 60.7 Å². The van der Waals surface area contributed by atoms with Crippen LogP contribution in [0.25, 0.3) is 11.1 Å². The van der Waals surface area contributed by atoms with Crippen LogP contribution in [-0.2, 0) is 4.74 Å². The molecule has 0 saturated carbocycles. The van der Waals surface area contributed by atoms with E-state index in [4.69, 9.17) is 4.74 Å². The van der Waals surface area contributed by atoms with Crippen molar-refractivity contribution in [3.63, 3.8) is 0 Å². The van der Waals surface area contributed by atoms with Crippen molar-refractivity contribution in [3.05, 3.63) is 94.6 Å². The molecule has 1 amide bonds. The fraction of sp³-hybridized carbons (Fsp3) is 0.185. The zero-order chi connectivity index (χ0) is 23.4. The minimum Gasteiger partial charge on any atom is -0.449 e. The summed E-state index contributed by atoms with van der Waals surface area (Å²) < 4.78 is 32.9. The lowest BCUT2D eigenvalue weighted by molar-refractivity contribution is 0.101. The van der Waals surface area contributed by atoms with Crippen LogP contribution in [0.3, 0.4) is 0 Å². The first-order valence-corrected chi connectivity index (χ1v) is 10.5. The number of fused-ring (bicyclic) bond motifs is 3. The van der Waals surface area contributed by atoms with Gasteiger partial charge in [-0.3, -0.25) is 4.79 Å². The molecule has 0 aromatic heterocycles. The number of rotatable bonds is 5. The Morgan fingerprint density at radius 1 is 0.970 bits per heavy atom. The van der Waals surface area contributed by atoms with E-state index in [2.05, 4.69) is 29.3 Å². The van der Waals surface area contributed by atoms with E-state index in [1.54, 1.807) is 0 Å². The highest BCUT2D eigenvalue weighted by Crippen LogP contribution is 2.44. The Bertz CT molecular complexity index is 1240. The van der Waals surface area contributed by atoms with Gasteiger partial charge in [-0.2, -0.15) is 0 Å². The number of ketones is 1. The Hall–Kier alpha value is -3.98. The SMILES string of the molecule is CC(=O)c1cc(C#CCCNC(=O)OCC2c3ccccc3-c3ccccc32)c(F)cc1F. The van der Waals surface area contributed by atoms with Gasteiger partial charge in [0.1, 0.15) is 18.2 Å². The molecular formula is C27H21F2NO3. The van der Waals surface area contributed by atoms with Gasteiger partial charge in [0.2, 0.25) is 0 Å². The molecule has 0 spiro atoms. The van der Waals surface area contributed by atoms with Crippen molar-refractivity contribution < 1.29 is 23.1 Å². The maximum absolute atomic E-state index is 13.8. The number of hydrogen-bond acceptors (Lipinski definition) is 3. The van der Waals surface area contributed by atoms with E-state index in [9.17, 15) is 18.4 Å². The zero-order valence-corrected chi connectivity index (χ0v) is 18.0. The van der Waals surface area contributed by atoms with Crippen LogP contribution in [0.4, 0.5) is 13.6 Å². The van der Waals surface area contributed by atoms with Crippen molar-refractivity contribution in [3.8, 4) is 23.0 Å². The molecule has 4 nitrogen and oxygen atoms in total. The lowest BCUT2D eigenvalue weighted by atomic mass is 9.98. The van der Waals surface area contributed by atoms with Gasteiger partial charge >= 0.3 is 6.09 Å². The molecule has 0 aliphatic heterocycles. The van der Waals surface area contributed by atoms with Gasteiger partial charge in [0.05, 0.1) is 11.1 Å². The predicted molar refractivity (Wildman–Crippen MR) is 121 cm³/mol. The number of carbonyl (C=O) groups excluding carboxylic acids is 2. The van der Waals surface area contributed by atoms with E-state index < -0.39 is 23.5 Å². The number of Topliss-reactive ketones (excluding diaryl/α,β-unsaturated/α-hetero) is 1. The summed E-state index contributed by atoms with van der Waals surface area (Å²) in [4.78, 5) is 23.5. The van der Waals surface area contributed by atoms with Crippen LogP contribution in [0.1, 0.15) is 46.3 Å². The second-order valence-corrected chi connectivity index (χ2v) is 7.67. The summed E-state index contributed by atoms with van der Waals surface area (Å²) in [6.07, 6.45) is -0.332. The Morgan fingerprint density at radius 3 is 2.24 bits per heavy atom. The maximum atomic E-state index is 13.8. The highest BCUT2D eigenvalue weighted by Gasteiger charge is 2.28. The number of alkyl carbamates (subject to hydrolysis) is 1. The monoisotopic (exact) mass is 445 g/mol. The minimum atomic E-state index is -0.914. The largest absolute Gasteiger partial charge is 0.449 e. The average molecular weight is 445 g/mol. The summed E-state index contributed by atoms with van der Waals surface area (Å²) in [7, 11) is 0. The molecule has 1 N–H and O–H groups in total. The van der Waals surface area contributed by atoms with Crippen LogP contribution in [0.2, 0.25) is 0 Å². The Balaban J connectivity index is 1.31. The molecule has 0 unspecified atom stereocenters. The molecule has 1 aliphatic carbocycles. The molecule has 33 heavy (non-hydrogen) atoms. The zero-order valence-electron chi connectivity index (χ0n) is 18.0. The van der Waals surface area contributed by atoms with E-state index in [-0.39, 0.29) is 36.6 Å². The minimum absolute atomic E-state index is 0.0279. The van der Waals surface area contributed by atoms with Gasteiger partial charge in [-0.1, -0.05) is 60.4 Å². The first-order valence-electron chi connectivity index (χ1n) is 10.5. The third-order valence-electron chi connectivity index (χ3n) is 5.52. The molecule has 3 aromatic carbocycles. The van der Waals surface area contributed by atoms with E-state index in [0.717, 1.165) is 28.3 Å². The third kappa shape index (κ3) is 4.78. The maximum Gasteiger partial charge on any atom is 0.407 e. The van der Waals surface area contributed by atoms with E-state index in [1.165, 1.54) is 6.92 Å². The molecule has 0 radical (unpaired) electrons. The summed E-state index contributed by atoms with van der Waals surface area (Å²) in [5.41, 5.74) is 4.28. The number of benzene rings is 3. The topological polar surface area (TPSA) is 55.4 Å². The molecule has 6 heteroatoms. The van der Waals surface area contributed by atoms with Gasteiger partial charge in [0, 0.05) is 24.9 Å². The van der Waals surface area contributed by atoms with Crippen molar-refractivity contribution in [2.45, 2.75) is 19.3 Å². The van der Waals surface area contributed by atoms with E-state index in [0.29, 0.717) is 6.07 Å². The van der Waals surface area contributed by atoms with Crippen molar-refractivity contribution in [2.75, 3.05) is 13.2 Å². The van der Waals surface area contributed by atoms with Crippen LogP contribution in [-0.4, -0.2) is 25.0 Å². The molecule has 3 aromatic rings. The van der Waals surface area contributed by atoms with Crippen LogP contribution in [0.5, 0.6) is 0 Å². The highest BCUT2D eigenvalue weighted by molar-refractivity contribution is 5.94. The van der Waals surface area contributed by atoms with Crippen molar-refractivity contribution >= 4 is 11.9 Å². The van der Waals surface area contributed by atoms with Gasteiger partial charge in [0.25, 0.3) is 0 Å². The summed E-state index contributed by atoms with van der Waals surface area (Å²) in [5, 5.41) is 2.62. The summed E-state index contributed by atoms with van der Waals surface area (Å²) in [6.45, 7) is 1.61. The summed E-state index contributed by atoms with van der Waals surface area (Å²) >= 11 is 0. The predicted octanol–water partition coefficient (Wildman–Crippen LogP) is 5.45. The summed E-state index contributed by atoms with van der Waals surface area (Å²) in [5.74, 6) is 3.00. The smallest absolute Gasteiger partial charge is 0.407 e. The van der Waals surface area contributed by atoms with E-state index >= 15 is 0 Å². The van der Waals surface area contributed by atoms with Crippen molar-refractivity contribution in [1.29, 1.82) is 0 Å². The molecule has 1 aliphatic rings.